The topological polar surface area (TPSA) is 64.6 Å². The zero-order valence-electron chi connectivity index (χ0n) is 18.9. The lowest BCUT2D eigenvalue weighted by atomic mass is 10.1. The van der Waals surface area contributed by atoms with E-state index in [0.717, 1.165) is 64.7 Å². The van der Waals surface area contributed by atoms with Crippen LogP contribution in [0.3, 0.4) is 0 Å². The van der Waals surface area contributed by atoms with Gasteiger partial charge >= 0.3 is 0 Å². The molecule has 1 aliphatic heterocycles. The van der Waals surface area contributed by atoms with Crippen molar-refractivity contribution >= 4 is 5.96 Å². The molecule has 0 saturated carbocycles. The molecule has 2 rings (SSSR count). The summed E-state index contributed by atoms with van der Waals surface area (Å²) in [6, 6.07) is 8.48. The number of nitrogens with one attached hydrogen (secondary N) is 1. The van der Waals surface area contributed by atoms with Crippen LogP contribution in [0.2, 0.25) is 0 Å². The van der Waals surface area contributed by atoms with E-state index in [9.17, 15) is 0 Å². The first-order valence-corrected chi connectivity index (χ1v) is 11.1. The summed E-state index contributed by atoms with van der Waals surface area (Å²) in [7, 11) is 3.57. The molecule has 0 bridgehead atoms. The normalized spacial score (nSPS) is 15.6. The van der Waals surface area contributed by atoms with Crippen LogP contribution in [0.4, 0.5) is 0 Å². The lowest BCUT2D eigenvalue weighted by Gasteiger charge is -2.34. The smallest absolute Gasteiger partial charge is 0.193 e. The van der Waals surface area contributed by atoms with Gasteiger partial charge in [-0.25, -0.2) is 0 Å². The van der Waals surface area contributed by atoms with E-state index in [1.165, 1.54) is 11.1 Å². The van der Waals surface area contributed by atoms with E-state index in [4.69, 9.17) is 18.9 Å². The fourth-order valence-corrected chi connectivity index (χ4v) is 3.48. The van der Waals surface area contributed by atoms with Crippen LogP contribution >= 0.6 is 0 Å². The van der Waals surface area contributed by atoms with E-state index >= 15 is 0 Å². The number of guanidine groups is 1. The lowest BCUT2D eigenvalue weighted by Crippen LogP contribution is -2.46. The highest BCUT2D eigenvalue weighted by atomic mass is 16.5. The molecule has 170 valence electrons. The summed E-state index contributed by atoms with van der Waals surface area (Å²) in [6.07, 6.45) is 3.36. The van der Waals surface area contributed by atoms with E-state index in [0.29, 0.717) is 25.9 Å². The molecule has 7 nitrogen and oxygen atoms in total. The maximum absolute atomic E-state index is 5.96. The third-order valence-corrected chi connectivity index (χ3v) is 5.09. The van der Waals surface area contributed by atoms with Crippen molar-refractivity contribution in [2.45, 2.75) is 45.4 Å². The van der Waals surface area contributed by atoms with Gasteiger partial charge in [-0.05, 0) is 37.3 Å². The second kappa shape index (κ2) is 15.2. The Bertz CT molecular complexity index is 604. The molecule has 1 aromatic rings. The van der Waals surface area contributed by atoms with E-state index in [1.807, 2.05) is 14.0 Å². The van der Waals surface area contributed by atoms with Gasteiger partial charge in [-0.15, -0.1) is 0 Å². The molecule has 1 fully saturated rings. The van der Waals surface area contributed by atoms with Gasteiger partial charge in [0.05, 0.1) is 25.9 Å². The summed E-state index contributed by atoms with van der Waals surface area (Å²) in [5.74, 6) is 0.950. The molecule has 1 N–H and O–H groups in total. The number of rotatable bonds is 13. The molecule has 1 aliphatic rings. The lowest BCUT2D eigenvalue weighted by molar-refractivity contribution is 0.00989. The summed E-state index contributed by atoms with van der Waals surface area (Å²) in [6.45, 7) is 8.78. The number of aliphatic imine (C=N–C) groups is 1. The predicted molar refractivity (Wildman–Crippen MR) is 120 cm³/mol. The number of hydrogen-bond donors (Lipinski definition) is 1. The van der Waals surface area contributed by atoms with Gasteiger partial charge in [0.15, 0.2) is 5.96 Å². The van der Waals surface area contributed by atoms with Gasteiger partial charge in [-0.1, -0.05) is 24.3 Å². The quantitative estimate of drug-likeness (QED) is 0.300. The molecule has 0 amide bonds. The Kier molecular flexibility index (Phi) is 12.4. The summed E-state index contributed by atoms with van der Waals surface area (Å²) in [5.41, 5.74) is 2.39. The highest BCUT2D eigenvalue weighted by Crippen LogP contribution is 2.14. The molecule has 0 spiro atoms. The summed E-state index contributed by atoms with van der Waals surface area (Å²) >= 11 is 0. The summed E-state index contributed by atoms with van der Waals surface area (Å²) in [5, 5.41) is 3.50. The molecule has 1 saturated heterocycles. The second-order valence-corrected chi connectivity index (χ2v) is 7.37. The Morgan fingerprint density at radius 3 is 2.60 bits per heavy atom. The van der Waals surface area contributed by atoms with Crippen LogP contribution in [0.5, 0.6) is 0 Å². The largest absolute Gasteiger partial charge is 0.385 e. The number of likely N-dealkylation sites (tertiary alicyclic amines) is 1. The first-order chi connectivity index (χ1) is 14.8. The molecule has 0 aromatic heterocycles. The van der Waals surface area contributed by atoms with Gasteiger partial charge in [-0.2, -0.15) is 0 Å². The van der Waals surface area contributed by atoms with Gasteiger partial charge < -0.3 is 29.2 Å². The minimum atomic E-state index is 0.343. The average molecular weight is 422 g/mol. The molecule has 0 aliphatic carbocycles. The van der Waals surface area contributed by atoms with E-state index in [1.54, 1.807) is 7.11 Å². The average Bonchev–Trinajstić information content (AvgIpc) is 2.78. The van der Waals surface area contributed by atoms with Crippen molar-refractivity contribution in [3.63, 3.8) is 0 Å². The van der Waals surface area contributed by atoms with Crippen LogP contribution in [0.15, 0.2) is 29.3 Å². The number of hydrogen-bond acceptors (Lipinski definition) is 5. The first kappa shape index (κ1) is 24.6. The molecule has 1 aromatic carbocycles. The number of ether oxygens (including phenoxy) is 4. The highest BCUT2D eigenvalue weighted by molar-refractivity contribution is 5.79. The third kappa shape index (κ3) is 9.43. The monoisotopic (exact) mass is 421 g/mol. The Morgan fingerprint density at radius 1 is 1.10 bits per heavy atom. The third-order valence-electron chi connectivity index (χ3n) is 5.09. The number of nitrogens with zero attached hydrogens (tertiary/aromatic N) is 2. The Balaban J connectivity index is 1.71. The van der Waals surface area contributed by atoms with Crippen molar-refractivity contribution in [1.82, 2.24) is 10.2 Å². The van der Waals surface area contributed by atoms with Gasteiger partial charge in [0.1, 0.15) is 0 Å². The minimum Gasteiger partial charge on any atom is -0.385 e. The SMILES string of the molecule is CCOCCOCc1cccc(CNC(=NC)N2CCC(OCCCOC)CC2)c1. The molecule has 0 radical (unpaired) electrons. The molecule has 0 atom stereocenters. The Hall–Kier alpha value is -1.67. The van der Waals surface area contributed by atoms with Crippen molar-refractivity contribution in [2.75, 3.05) is 60.3 Å². The van der Waals surface area contributed by atoms with Crippen LogP contribution in [0.1, 0.15) is 37.3 Å². The molecular weight excluding hydrogens is 382 g/mol. The van der Waals surface area contributed by atoms with Crippen molar-refractivity contribution in [3.05, 3.63) is 35.4 Å². The second-order valence-electron chi connectivity index (χ2n) is 7.37. The molecule has 7 heteroatoms. The predicted octanol–water partition coefficient (Wildman–Crippen LogP) is 2.83. The Morgan fingerprint density at radius 2 is 1.87 bits per heavy atom. The van der Waals surface area contributed by atoms with Crippen molar-refractivity contribution in [2.24, 2.45) is 4.99 Å². The summed E-state index contributed by atoms with van der Waals surface area (Å²) in [4.78, 5) is 6.79. The number of piperidine rings is 1. The molecule has 0 unspecified atom stereocenters. The van der Waals surface area contributed by atoms with Gasteiger partial charge in [-0.3, -0.25) is 4.99 Å². The maximum Gasteiger partial charge on any atom is 0.193 e. The van der Waals surface area contributed by atoms with Crippen molar-refractivity contribution in [3.8, 4) is 0 Å². The van der Waals surface area contributed by atoms with Gasteiger partial charge in [0.25, 0.3) is 0 Å². The van der Waals surface area contributed by atoms with E-state index < -0.39 is 0 Å². The highest BCUT2D eigenvalue weighted by Gasteiger charge is 2.21. The fraction of sp³-hybridized carbons (Fsp3) is 0.696. The standard InChI is InChI=1S/C23H39N3O4/c1-4-28-15-16-29-19-21-8-5-7-20(17-21)18-25-23(24-2)26-11-9-22(10-12-26)30-14-6-13-27-3/h5,7-8,17,22H,4,6,9-16,18-19H2,1-3H3,(H,24,25). The minimum absolute atomic E-state index is 0.343. The molecule has 1 heterocycles. The van der Waals surface area contributed by atoms with Crippen LogP contribution in [0, 0.1) is 0 Å². The fourth-order valence-electron chi connectivity index (χ4n) is 3.48. The van der Waals surface area contributed by atoms with Crippen molar-refractivity contribution < 1.29 is 18.9 Å². The zero-order valence-corrected chi connectivity index (χ0v) is 18.9. The zero-order chi connectivity index (χ0) is 21.4. The summed E-state index contributed by atoms with van der Waals surface area (Å²) < 4.78 is 22.0. The van der Waals surface area contributed by atoms with Crippen LogP contribution in [-0.2, 0) is 32.1 Å². The number of methoxy groups -OCH3 is 1. The maximum atomic E-state index is 5.96. The van der Waals surface area contributed by atoms with Gasteiger partial charge in [0.2, 0.25) is 0 Å². The van der Waals surface area contributed by atoms with Crippen LogP contribution in [0.25, 0.3) is 0 Å². The van der Waals surface area contributed by atoms with E-state index in [-0.39, 0.29) is 0 Å². The molecule has 30 heavy (non-hydrogen) atoms. The first-order valence-electron chi connectivity index (χ1n) is 11.1. The van der Waals surface area contributed by atoms with E-state index in [2.05, 4.69) is 39.5 Å². The Labute approximate surface area is 181 Å². The molecular formula is C23H39N3O4. The van der Waals surface area contributed by atoms with Crippen molar-refractivity contribution in [1.29, 1.82) is 0 Å². The van der Waals surface area contributed by atoms with Gasteiger partial charge in [0, 0.05) is 53.6 Å². The van der Waals surface area contributed by atoms with Crippen LogP contribution < -0.4 is 5.32 Å². The number of benzene rings is 1. The van der Waals surface area contributed by atoms with Crippen LogP contribution in [-0.4, -0.2) is 77.2 Å².